The van der Waals surface area contributed by atoms with E-state index in [2.05, 4.69) is 58.1 Å². The third-order valence-electron chi connectivity index (χ3n) is 3.41. The second kappa shape index (κ2) is 7.34. The van der Waals surface area contributed by atoms with E-state index < -0.39 is 0 Å². The summed E-state index contributed by atoms with van der Waals surface area (Å²) in [7, 11) is 0. The highest BCUT2D eigenvalue weighted by molar-refractivity contribution is 9.10. The Hall–Kier alpha value is -1.48. The fourth-order valence-electron chi connectivity index (χ4n) is 2.22. The number of unbranched alkanes of at least 4 members (excludes halogenated alkanes) is 1. The number of benzene rings is 2. The Morgan fingerprint density at radius 1 is 1.05 bits per heavy atom. The van der Waals surface area contributed by atoms with Gasteiger partial charge in [0.25, 0.3) is 0 Å². The first-order valence-corrected chi connectivity index (χ1v) is 7.84. The van der Waals surface area contributed by atoms with Gasteiger partial charge in [-0.15, -0.1) is 0 Å². The second-order valence-electron chi connectivity index (χ2n) is 4.92. The maximum Gasteiger partial charge on any atom is 0.0461 e. The summed E-state index contributed by atoms with van der Waals surface area (Å²) in [6.45, 7) is 4.09. The molecular formula is C17H21BrN2. The molecule has 0 aromatic heterocycles. The Morgan fingerprint density at radius 2 is 1.80 bits per heavy atom. The number of anilines is 2. The first-order chi connectivity index (χ1) is 9.72. The van der Waals surface area contributed by atoms with Crippen LogP contribution in [-0.4, -0.2) is 6.54 Å². The van der Waals surface area contributed by atoms with Crippen LogP contribution in [0.1, 0.15) is 25.3 Å². The smallest absolute Gasteiger partial charge is 0.0461 e. The fourth-order valence-corrected chi connectivity index (χ4v) is 2.73. The van der Waals surface area contributed by atoms with Crippen molar-refractivity contribution in [3.8, 4) is 0 Å². The SMILES string of the molecule is CCCCN(Cc1c(N)cccc1Br)c1ccccc1. The summed E-state index contributed by atoms with van der Waals surface area (Å²) in [5.41, 5.74) is 9.37. The van der Waals surface area contributed by atoms with E-state index in [4.69, 9.17) is 5.73 Å². The normalized spacial score (nSPS) is 10.5. The van der Waals surface area contributed by atoms with Gasteiger partial charge in [0.05, 0.1) is 0 Å². The van der Waals surface area contributed by atoms with Gasteiger partial charge >= 0.3 is 0 Å². The Balaban J connectivity index is 2.24. The molecular weight excluding hydrogens is 312 g/mol. The second-order valence-corrected chi connectivity index (χ2v) is 5.77. The third-order valence-corrected chi connectivity index (χ3v) is 4.15. The van der Waals surface area contributed by atoms with Crippen LogP contribution >= 0.6 is 15.9 Å². The molecule has 0 atom stereocenters. The summed E-state index contributed by atoms with van der Waals surface area (Å²) in [4.78, 5) is 2.39. The van der Waals surface area contributed by atoms with Gasteiger partial charge in [0, 0.05) is 34.5 Å². The Morgan fingerprint density at radius 3 is 2.45 bits per heavy atom. The van der Waals surface area contributed by atoms with Gasteiger partial charge in [0.2, 0.25) is 0 Å². The van der Waals surface area contributed by atoms with E-state index in [1.807, 2.05) is 18.2 Å². The number of nitrogens with zero attached hydrogens (tertiary/aromatic N) is 1. The zero-order valence-corrected chi connectivity index (χ0v) is 13.4. The lowest BCUT2D eigenvalue weighted by Crippen LogP contribution is -2.24. The monoisotopic (exact) mass is 332 g/mol. The Kier molecular flexibility index (Phi) is 5.48. The van der Waals surface area contributed by atoms with E-state index in [0.29, 0.717) is 0 Å². The molecule has 0 unspecified atom stereocenters. The lowest BCUT2D eigenvalue weighted by molar-refractivity contribution is 0.715. The largest absolute Gasteiger partial charge is 0.398 e. The van der Waals surface area contributed by atoms with Crippen molar-refractivity contribution < 1.29 is 0 Å². The Labute approximate surface area is 129 Å². The van der Waals surface area contributed by atoms with Gasteiger partial charge in [-0.3, -0.25) is 0 Å². The summed E-state index contributed by atoms with van der Waals surface area (Å²) >= 11 is 3.61. The molecule has 106 valence electrons. The summed E-state index contributed by atoms with van der Waals surface area (Å²) in [6, 6.07) is 16.5. The summed E-state index contributed by atoms with van der Waals surface area (Å²) in [5.74, 6) is 0. The van der Waals surface area contributed by atoms with Crippen LogP contribution in [-0.2, 0) is 6.54 Å². The molecule has 0 saturated carbocycles. The van der Waals surface area contributed by atoms with Crippen molar-refractivity contribution in [1.82, 2.24) is 0 Å². The molecule has 0 aliphatic carbocycles. The minimum Gasteiger partial charge on any atom is -0.398 e. The van der Waals surface area contributed by atoms with Gasteiger partial charge in [-0.05, 0) is 30.7 Å². The van der Waals surface area contributed by atoms with Crippen molar-refractivity contribution in [1.29, 1.82) is 0 Å². The molecule has 2 N–H and O–H groups in total. The predicted molar refractivity (Wildman–Crippen MR) is 91.0 cm³/mol. The maximum atomic E-state index is 6.12. The number of hydrogen-bond donors (Lipinski definition) is 1. The topological polar surface area (TPSA) is 29.3 Å². The van der Waals surface area contributed by atoms with E-state index in [0.717, 1.165) is 28.8 Å². The highest BCUT2D eigenvalue weighted by atomic mass is 79.9. The maximum absolute atomic E-state index is 6.12. The van der Waals surface area contributed by atoms with Gasteiger partial charge in [0.1, 0.15) is 0 Å². The molecule has 2 rings (SSSR count). The molecule has 0 bridgehead atoms. The number of halogens is 1. The molecule has 0 saturated heterocycles. The van der Waals surface area contributed by atoms with Crippen molar-refractivity contribution in [3.63, 3.8) is 0 Å². The lowest BCUT2D eigenvalue weighted by atomic mass is 10.1. The molecule has 0 radical (unpaired) electrons. The van der Waals surface area contributed by atoms with Crippen LogP contribution in [0.5, 0.6) is 0 Å². The van der Waals surface area contributed by atoms with Crippen LogP contribution < -0.4 is 10.6 Å². The van der Waals surface area contributed by atoms with Crippen LogP contribution in [0.4, 0.5) is 11.4 Å². The highest BCUT2D eigenvalue weighted by Gasteiger charge is 2.11. The minimum atomic E-state index is 0.831. The van der Waals surface area contributed by atoms with Crippen LogP contribution in [0.15, 0.2) is 53.0 Å². The molecule has 0 aliphatic rings. The molecule has 0 amide bonds. The van der Waals surface area contributed by atoms with Crippen molar-refractivity contribution in [2.75, 3.05) is 17.2 Å². The molecule has 3 heteroatoms. The van der Waals surface area contributed by atoms with Crippen molar-refractivity contribution in [2.24, 2.45) is 0 Å². The third kappa shape index (κ3) is 3.76. The van der Waals surface area contributed by atoms with E-state index in [-0.39, 0.29) is 0 Å². The quantitative estimate of drug-likeness (QED) is 0.767. The minimum absolute atomic E-state index is 0.831. The zero-order chi connectivity index (χ0) is 14.4. The molecule has 2 aromatic rings. The van der Waals surface area contributed by atoms with E-state index in [9.17, 15) is 0 Å². The Bertz CT molecular complexity index is 520. The molecule has 2 aromatic carbocycles. The zero-order valence-electron chi connectivity index (χ0n) is 11.8. The van der Waals surface area contributed by atoms with Crippen LogP contribution in [0.3, 0.4) is 0 Å². The average Bonchev–Trinajstić information content (AvgIpc) is 2.47. The number of nitrogen functional groups attached to an aromatic ring is 1. The predicted octanol–water partition coefficient (Wildman–Crippen LogP) is 4.84. The number of hydrogen-bond acceptors (Lipinski definition) is 2. The molecule has 20 heavy (non-hydrogen) atoms. The van der Waals surface area contributed by atoms with E-state index >= 15 is 0 Å². The molecule has 0 fully saturated rings. The lowest BCUT2D eigenvalue weighted by Gasteiger charge is -2.26. The van der Waals surface area contributed by atoms with Gasteiger partial charge < -0.3 is 10.6 Å². The van der Waals surface area contributed by atoms with Crippen LogP contribution in [0.2, 0.25) is 0 Å². The van der Waals surface area contributed by atoms with Gasteiger partial charge in [-0.25, -0.2) is 0 Å². The summed E-state index contributed by atoms with van der Waals surface area (Å²) < 4.78 is 1.08. The van der Waals surface area contributed by atoms with Gasteiger partial charge in [-0.2, -0.15) is 0 Å². The first kappa shape index (κ1) is 14.9. The van der Waals surface area contributed by atoms with E-state index in [1.165, 1.54) is 18.5 Å². The molecule has 2 nitrogen and oxygen atoms in total. The standard InChI is InChI=1S/C17H21BrN2/c1-2-3-12-20(14-8-5-4-6-9-14)13-15-16(18)10-7-11-17(15)19/h4-11H,2-3,12-13,19H2,1H3. The highest BCUT2D eigenvalue weighted by Crippen LogP contribution is 2.26. The summed E-state index contributed by atoms with van der Waals surface area (Å²) in [5, 5.41) is 0. The van der Waals surface area contributed by atoms with Crippen LogP contribution in [0, 0.1) is 0 Å². The average molecular weight is 333 g/mol. The molecule has 0 heterocycles. The van der Waals surface area contributed by atoms with Crippen molar-refractivity contribution >= 4 is 27.3 Å². The van der Waals surface area contributed by atoms with Gasteiger partial charge in [-0.1, -0.05) is 53.5 Å². The van der Waals surface area contributed by atoms with Crippen LogP contribution in [0.25, 0.3) is 0 Å². The molecule has 0 aliphatic heterocycles. The number of rotatable bonds is 6. The van der Waals surface area contributed by atoms with Crippen molar-refractivity contribution in [2.45, 2.75) is 26.3 Å². The van der Waals surface area contributed by atoms with Gasteiger partial charge in [0.15, 0.2) is 0 Å². The molecule has 0 spiro atoms. The van der Waals surface area contributed by atoms with Crippen molar-refractivity contribution in [3.05, 3.63) is 58.6 Å². The van der Waals surface area contributed by atoms with E-state index in [1.54, 1.807) is 0 Å². The first-order valence-electron chi connectivity index (χ1n) is 7.05. The summed E-state index contributed by atoms with van der Waals surface area (Å²) in [6.07, 6.45) is 2.37. The number of para-hydroxylation sites is 1. The number of nitrogens with two attached hydrogens (primary N) is 1. The fraction of sp³-hybridized carbons (Fsp3) is 0.294.